The van der Waals surface area contributed by atoms with Crippen LogP contribution in [0.25, 0.3) is 6.08 Å². The Bertz CT molecular complexity index is 1170. The van der Waals surface area contributed by atoms with E-state index in [2.05, 4.69) is 17.2 Å². The van der Waals surface area contributed by atoms with Gasteiger partial charge in [-0.15, -0.1) is 0 Å². The van der Waals surface area contributed by atoms with Crippen molar-refractivity contribution in [2.45, 2.75) is 20.0 Å². The quantitative estimate of drug-likeness (QED) is 0.383. The largest absolute Gasteiger partial charge is 0.486 e. The molecule has 162 valence electrons. The van der Waals surface area contributed by atoms with Crippen LogP contribution < -0.4 is 10.1 Å². The van der Waals surface area contributed by atoms with E-state index in [0.717, 1.165) is 17.7 Å². The van der Waals surface area contributed by atoms with E-state index in [9.17, 15) is 4.79 Å². The summed E-state index contributed by atoms with van der Waals surface area (Å²) in [6.45, 7) is 2.46. The summed E-state index contributed by atoms with van der Waals surface area (Å²) in [5.41, 5.74) is 3.75. The first kappa shape index (κ1) is 22.5. The number of aliphatic imine (C=N–C) groups is 1. The van der Waals surface area contributed by atoms with Gasteiger partial charge in [0.15, 0.2) is 10.9 Å². The first-order valence-electron chi connectivity index (χ1n) is 10.1. The summed E-state index contributed by atoms with van der Waals surface area (Å²) in [4.78, 5) is 17.4. The van der Waals surface area contributed by atoms with Crippen LogP contribution in [0.4, 0.5) is 5.69 Å². The van der Waals surface area contributed by atoms with Crippen LogP contribution in [0.2, 0.25) is 10.0 Å². The lowest BCUT2D eigenvalue weighted by molar-refractivity contribution is -0.115. The third-order valence-corrected chi connectivity index (χ3v) is 6.24. The minimum absolute atomic E-state index is 0.212. The number of hydrogen-bond donors (Lipinski definition) is 1. The van der Waals surface area contributed by atoms with Crippen molar-refractivity contribution >= 4 is 57.8 Å². The first-order chi connectivity index (χ1) is 15.5. The smallest absolute Gasteiger partial charge is 0.264 e. The number of nitrogens with zero attached hydrogens (tertiary/aromatic N) is 1. The molecular formula is C25H20Cl2N2O2S. The molecule has 0 bridgehead atoms. The molecule has 3 aromatic carbocycles. The van der Waals surface area contributed by atoms with Gasteiger partial charge in [0.1, 0.15) is 6.61 Å². The zero-order valence-corrected chi connectivity index (χ0v) is 19.6. The van der Waals surface area contributed by atoms with Gasteiger partial charge < -0.3 is 10.1 Å². The van der Waals surface area contributed by atoms with Crippen molar-refractivity contribution in [1.29, 1.82) is 0 Å². The standard InChI is InChI=1S/C25H20Cl2N2O2S/c1-2-16-8-10-19(11-9-16)28-25-29-24(30)22(32-25)14-18-12-20(26)23(21(27)13-18)31-15-17-6-4-3-5-7-17/h3-14H,2,15H2,1H3,(H,28,29,30)/b22-14-. The average Bonchev–Trinajstić information content (AvgIpc) is 3.12. The maximum absolute atomic E-state index is 12.4. The predicted molar refractivity (Wildman–Crippen MR) is 134 cm³/mol. The average molecular weight is 483 g/mol. The van der Waals surface area contributed by atoms with Crippen LogP contribution in [0.5, 0.6) is 5.75 Å². The zero-order valence-electron chi connectivity index (χ0n) is 17.3. The molecule has 3 aromatic rings. The highest BCUT2D eigenvalue weighted by Crippen LogP contribution is 2.36. The molecule has 0 spiro atoms. The molecule has 1 saturated heterocycles. The number of amides is 1. The van der Waals surface area contributed by atoms with Crippen molar-refractivity contribution in [2.75, 3.05) is 0 Å². The van der Waals surface area contributed by atoms with Gasteiger partial charge in [0.05, 0.1) is 20.6 Å². The molecule has 0 unspecified atom stereocenters. The third-order valence-electron chi connectivity index (χ3n) is 4.77. The summed E-state index contributed by atoms with van der Waals surface area (Å²) >= 11 is 14.1. The number of aryl methyl sites for hydroxylation is 1. The molecule has 4 rings (SSSR count). The van der Waals surface area contributed by atoms with Gasteiger partial charge in [-0.1, -0.05) is 72.6 Å². The zero-order chi connectivity index (χ0) is 22.5. The minimum Gasteiger partial charge on any atom is -0.486 e. The maximum Gasteiger partial charge on any atom is 0.264 e. The van der Waals surface area contributed by atoms with E-state index in [1.807, 2.05) is 54.6 Å². The van der Waals surface area contributed by atoms with Crippen molar-refractivity contribution < 1.29 is 9.53 Å². The van der Waals surface area contributed by atoms with E-state index in [0.29, 0.717) is 38.0 Å². The van der Waals surface area contributed by atoms with Gasteiger partial charge in [-0.3, -0.25) is 4.79 Å². The Morgan fingerprint density at radius 3 is 2.34 bits per heavy atom. The monoisotopic (exact) mass is 482 g/mol. The lowest BCUT2D eigenvalue weighted by Crippen LogP contribution is -2.19. The number of ether oxygens (including phenoxy) is 1. The van der Waals surface area contributed by atoms with Crippen LogP contribution in [0.15, 0.2) is 76.6 Å². The molecule has 1 aliphatic heterocycles. The Hall–Kier alpha value is -2.73. The summed E-state index contributed by atoms with van der Waals surface area (Å²) in [5, 5.41) is 4.09. The predicted octanol–water partition coefficient (Wildman–Crippen LogP) is 7.03. The molecule has 1 heterocycles. The van der Waals surface area contributed by atoms with Gasteiger partial charge >= 0.3 is 0 Å². The first-order valence-corrected chi connectivity index (χ1v) is 11.6. The SMILES string of the molecule is CCc1ccc(N=C2NC(=O)/C(=C/c3cc(Cl)c(OCc4ccccc4)c(Cl)c3)S2)cc1. The number of carbonyl (C=O) groups is 1. The number of thioether (sulfide) groups is 1. The summed E-state index contributed by atoms with van der Waals surface area (Å²) in [5.74, 6) is 0.205. The number of rotatable bonds is 6. The van der Waals surface area contributed by atoms with Crippen LogP contribution in [-0.4, -0.2) is 11.1 Å². The van der Waals surface area contributed by atoms with Gasteiger partial charge in [-0.25, -0.2) is 4.99 Å². The summed E-state index contributed by atoms with van der Waals surface area (Å²) in [7, 11) is 0. The molecule has 0 aliphatic carbocycles. The van der Waals surface area contributed by atoms with E-state index in [4.69, 9.17) is 27.9 Å². The van der Waals surface area contributed by atoms with Crippen molar-refractivity contribution in [3.8, 4) is 5.75 Å². The molecule has 32 heavy (non-hydrogen) atoms. The maximum atomic E-state index is 12.4. The van der Waals surface area contributed by atoms with Crippen LogP contribution >= 0.6 is 35.0 Å². The Morgan fingerprint density at radius 1 is 1.00 bits per heavy atom. The second kappa shape index (κ2) is 10.3. The summed E-state index contributed by atoms with van der Waals surface area (Å²) in [6, 6.07) is 21.2. The number of hydrogen-bond acceptors (Lipinski definition) is 4. The number of benzene rings is 3. The Morgan fingerprint density at radius 2 is 1.69 bits per heavy atom. The molecule has 0 atom stereocenters. The lowest BCUT2D eigenvalue weighted by Gasteiger charge is -2.11. The van der Waals surface area contributed by atoms with Crippen molar-refractivity contribution in [3.63, 3.8) is 0 Å². The summed E-state index contributed by atoms with van der Waals surface area (Å²) < 4.78 is 5.81. The Balaban J connectivity index is 1.49. The highest BCUT2D eigenvalue weighted by molar-refractivity contribution is 8.18. The molecule has 0 aromatic heterocycles. The summed E-state index contributed by atoms with van der Waals surface area (Å²) in [6.07, 6.45) is 2.71. The third kappa shape index (κ3) is 5.54. The normalized spacial score (nSPS) is 15.9. The lowest BCUT2D eigenvalue weighted by atomic mass is 10.2. The number of halogens is 2. The van der Waals surface area contributed by atoms with Crippen molar-refractivity contribution in [2.24, 2.45) is 4.99 Å². The molecule has 0 radical (unpaired) electrons. The highest BCUT2D eigenvalue weighted by atomic mass is 35.5. The van der Waals surface area contributed by atoms with Crippen LogP contribution in [-0.2, 0) is 17.8 Å². The molecular weight excluding hydrogens is 463 g/mol. The van der Waals surface area contributed by atoms with Gasteiger partial charge in [-0.2, -0.15) is 0 Å². The number of nitrogens with one attached hydrogen (secondary N) is 1. The Kier molecular flexibility index (Phi) is 7.20. The van der Waals surface area contributed by atoms with Crippen molar-refractivity contribution in [1.82, 2.24) is 5.32 Å². The fraction of sp³-hybridized carbons (Fsp3) is 0.120. The second-order valence-electron chi connectivity index (χ2n) is 7.09. The van der Waals surface area contributed by atoms with Gasteiger partial charge in [-0.05, 0) is 65.2 Å². The molecule has 1 aliphatic rings. The van der Waals surface area contributed by atoms with E-state index < -0.39 is 0 Å². The van der Waals surface area contributed by atoms with Crippen LogP contribution in [0.3, 0.4) is 0 Å². The molecule has 1 amide bonds. The van der Waals surface area contributed by atoms with E-state index in [-0.39, 0.29) is 5.91 Å². The number of amidine groups is 1. The molecule has 7 heteroatoms. The van der Waals surface area contributed by atoms with E-state index in [1.165, 1.54) is 17.3 Å². The van der Waals surface area contributed by atoms with Gasteiger partial charge in [0.25, 0.3) is 5.91 Å². The fourth-order valence-electron chi connectivity index (χ4n) is 3.09. The molecule has 0 saturated carbocycles. The minimum atomic E-state index is -0.212. The Labute approximate surface area is 201 Å². The number of carbonyl (C=O) groups excluding carboxylic acids is 1. The molecule has 1 N–H and O–H groups in total. The topological polar surface area (TPSA) is 50.7 Å². The second-order valence-corrected chi connectivity index (χ2v) is 8.93. The highest BCUT2D eigenvalue weighted by Gasteiger charge is 2.24. The van der Waals surface area contributed by atoms with Crippen LogP contribution in [0, 0.1) is 0 Å². The molecule has 4 nitrogen and oxygen atoms in total. The van der Waals surface area contributed by atoms with Crippen molar-refractivity contribution in [3.05, 3.63) is 98.4 Å². The van der Waals surface area contributed by atoms with E-state index >= 15 is 0 Å². The van der Waals surface area contributed by atoms with Crippen LogP contribution in [0.1, 0.15) is 23.6 Å². The van der Waals surface area contributed by atoms with E-state index in [1.54, 1.807) is 18.2 Å². The fourth-order valence-corrected chi connectivity index (χ4v) is 4.54. The van der Waals surface area contributed by atoms with Gasteiger partial charge in [0.2, 0.25) is 0 Å². The molecule has 1 fully saturated rings. The van der Waals surface area contributed by atoms with Gasteiger partial charge in [0, 0.05) is 0 Å².